The van der Waals surface area contributed by atoms with Crippen molar-refractivity contribution in [3.8, 4) is 0 Å². The van der Waals surface area contributed by atoms with E-state index >= 15 is 0 Å². The number of hydrogen-bond acceptors (Lipinski definition) is 3. The molecule has 2 nitrogen and oxygen atoms in total. The molecule has 110 valence electrons. The normalized spacial score (nSPS) is 16.4. The fourth-order valence-corrected chi connectivity index (χ4v) is 4.01. The van der Waals surface area contributed by atoms with Gasteiger partial charge in [0, 0.05) is 29.2 Å². The Balaban J connectivity index is 2.27. The monoisotopic (exact) mass is 308 g/mol. The van der Waals surface area contributed by atoms with Crippen LogP contribution in [0.5, 0.6) is 0 Å². The summed E-state index contributed by atoms with van der Waals surface area (Å²) in [5.74, 6) is 1.92. The molecule has 0 unspecified atom stereocenters. The van der Waals surface area contributed by atoms with Gasteiger partial charge in [-0.2, -0.15) is 0 Å². The van der Waals surface area contributed by atoms with E-state index in [1.54, 1.807) is 0 Å². The fourth-order valence-electron chi connectivity index (χ4n) is 2.89. The minimum absolute atomic E-state index is 0.522. The molecule has 20 heavy (non-hydrogen) atoms. The second-order valence-corrected chi connectivity index (χ2v) is 7.03. The molecule has 1 aromatic rings. The summed E-state index contributed by atoms with van der Waals surface area (Å²) in [6.45, 7) is 6.69. The maximum absolute atomic E-state index is 6.00. The van der Waals surface area contributed by atoms with Crippen molar-refractivity contribution in [3.63, 3.8) is 0 Å². The van der Waals surface area contributed by atoms with Gasteiger partial charge in [-0.1, -0.05) is 38.6 Å². The van der Waals surface area contributed by atoms with E-state index in [-0.39, 0.29) is 0 Å². The molecule has 2 rings (SSSR count). The zero-order valence-electron chi connectivity index (χ0n) is 12.4. The highest BCUT2D eigenvalue weighted by atomic mass is 32.2. The molecule has 0 saturated carbocycles. The predicted octanol–water partition coefficient (Wildman–Crippen LogP) is 4.06. The van der Waals surface area contributed by atoms with Crippen molar-refractivity contribution in [1.29, 1.82) is 0 Å². The van der Waals surface area contributed by atoms with Crippen LogP contribution in [0.3, 0.4) is 0 Å². The quantitative estimate of drug-likeness (QED) is 0.656. The van der Waals surface area contributed by atoms with E-state index in [1.165, 1.54) is 29.8 Å². The third kappa shape index (κ3) is 3.47. The van der Waals surface area contributed by atoms with Gasteiger partial charge in [0.2, 0.25) is 0 Å². The second-order valence-electron chi connectivity index (χ2n) is 5.29. The fraction of sp³-hybridized carbons (Fsp3) is 0.562. The van der Waals surface area contributed by atoms with Crippen LogP contribution in [0, 0.1) is 5.92 Å². The number of nitrogens with two attached hydrogens (primary N) is 1. The molecule has 2 N–H and O–H groups in total. The highest BCUT2D eigenvalue weighted by Gasteiger charge is 2.22. The van der Waals surface area contributed by atoms with Gasteiger partial charge in [-0.15, -0.1) is 11.8 Å². The molecule has 0 atom stereocenters. The lowest BCUT2D eigenvalue weighted by molar-refractivity contribution is 0.395. The maximum Gasteiger partial charge on any atom is 0.107 e. The number of nitrogens with zero attached hydrogens (tertiary/aromatic N) is 1. The molecule has 0 spiro atoms. The van der Waals surface area contributed by atoms with E-state index in [0.29, 0.717) is 4.99 Å². The number of thiocarbonyl (C=S) groups is 1. The SMILES string of the molecule is CCSc1cccc(N2CCC(CC)CC2)c1C(N)=S. The number of piperidine rings is 1. The van der Waals surface area contributed by atoms with Crippen molar-refractivity contribution in [3.05, 3.63) is 23.8 Å². The van der Waals surface area contributed by atoms with E-state index in [4.69, 9.17) is 18.0 Å². The molecule has 4 heteroatoms. The van der Waals surface area contributed by atoms with Crippen LogP contribution in [0.2, 0.25) is 0 Å². The lowest BCUT2D eigenvalue weighted by atomic mass is 9.94. The molecule has 0 bridgehead atoms. The standard InChI is InChI=1S/C16H24N2S2/c1-3-12-8-10-18(11-9-12)13-6-5-7-14(20-4-2)15(13)16(17)19/h5-7,12H,3-4,8-11H2,1-2H3,(H2,17,19). The molecule has 1 fully saturated rings. The number of thioether (sulfide) groups is 1. The first-order valence-electron chi connectivity index (χ1n) is 7.47. The molecule has 0 amide bonds. The van der Waals surface area contributed by atoms with Gasteiger partial charge < -0.3 is 10.6 Å². The zero-order chi connectivity index (χ0) is 14.5. The molecule has 1 saturated heterocycles. The van der Waals surface area contributed by atoms with Crippen LogP contribution in [0.15, 0.2) is 23.1 Å². The van der Waals surface area contributed by atoms with Gasteiger partial charge in [0.05, 0.1) is 0 Å². The van der Waals surface area contributed by atoms with E-state index in [9.17, 15) is 0 Å². The Morgan fingerprint density at radius 1 is 1.35 bits per heavy atom. The third-order valence-corrected chi connectivity index (χ3v) is 5.23. The van der Waals surface area contributed by atoms with Crippen molar-refractivity contribution in [1.82, 2.24) is 0 Å². The van der Waals surface area contributed by atoms with Gasteiger partial charge >= 0.3 is 0 Å². The molecule has 0 radical (unpaired) electrons. The lowest BCUT2D eigenvalue weighted by Gasteiger charge is -2.34. The molecule has 0 aromatic heterocycles. The zero-order valence-corrected chi connectivity index (χ0v) is 14.0. The summed E-state index contributed by atoms with van der Waals surface area (Å²) in [6, 6.07) is 6.42. The summed E-state index contributed by atoms with van der Waals surface area (Å²) < 4.78 is 0. The first kappa shape index (κ1) is 15.6. The molecule has 1 aliphatic heterocycles. The van der Waals surface area contributed by atoms with Crippen molar-refractivity contribution in [2.24, 2.45) is 11.7 Å². The van der Waals surface area contributed by atoms with Gasteiger partial charge in [0.15, 0.2) is 0 Å². The van der Waals surface area contributed by atoms with E-state index in [0.717, 1.165) is 30.3 Å². The summed E-state index contributed by atoms with van der Waals surface area (Å²) in [4.78, 5) is 4.20. The summed E-state index contributed by atoms with van der Waals surface area (Å²) in [7, 11) is 0. The van der Waals surface area contributed by atoms with Gasteiger partial charge in [0.25, 0.3) is 0 Å². The topological polar surface area (TPSA) is 29.3 Å². The Morgan fingerprint density at radius 3 is 2.60 bits per heavy atom. The van der Waals surface area contributed by atoms with Gasteiger partial charge in [0.1, 0.15) is 4.99 Å². The highest BCUT2D eigenvalue weighted by molar-refractivity contribution is 7.99. The summed E-state index contributed by atoms with van der Waals surface area (Å²) in [5.41, 5.74) is 8.30. The van der Waals surface area contributed by atoms with Crippen LogP contribution >= 0.6 is 24.0 Å². The van der Waals surface area contributed by atoms with Crippen LogP contribution in [0.1, 0.15) is 38.7 Å². The Hall–Kier alpha value is -0.740. The van der Waals surface area contributed by atoms with Crippen LogP contribution < -0.4 is 10.6 Å². The molecule has 1 aliphatic rings. The molecule has 1 heterocycles. The van der Waals surface area contributed by atoms with Gasteiger partial charge in [-0.3, -0.25) is 0 Å². The average Bonchev–Trinajstić information content (AvgIpc) is 2.47. The lowest BCUT2D eigenvalue weighted by Crippen LogP contribution is -2.35. The van der Waals surface area contributed by atoms with Crippen molar-refractivity contribution >= 4 is 34.7 Å². The average molecular weight is 309 g/mol. The minimum atomic E-state index is 0.522. The van der Waals surface area contributed by atoms with E-state index in [2.05, 4.69) is 36.9 Å². The second kappa shape index (κ2) is 7.32. The maximum atomic E-state index is 6.00. The number of benzene rings is 1. The summed E-state index contributed by atoms with van der Waals surface area (Å²) in [5, 5.41) is 0. The smallest absolute Gasteiger partial charge is 0.107 e. The summed E-state index contributed by atoms with van der Waals surface area (Å²) >= 11 is 7.12. The third-order valence-electron chi connectivity index (χ3n) is 4.08. The highest BCUT2D eigenvalue weighted by Crippen LogP contribution is 2.33. The molecule has 0 aliphatic carbocycles. The van der Waals surface area contributed by atoms with Crippen LogP contribution in [0.4, 0.5) is 5.69 Å². The van der Waals surface area contributed by atoms with E-state index in [1.807, 2.05) is 11.8 Å². The van der Waals surface area contributed by atoms with Crippen molar-refractivity contribution in [2.75, 3.05) is 23.7 Å². The number of hydrogen-bond donors (Lipinski definition) is 1. The van der Waals surface area contributed by atoms with Crippen LogP contribution in [-0.4, -0.2) is 23.8 Å². The Bertz CT molecular complexity index is 466. The Kier molecular flexibility index (Phi) is 5.73. The van der Waals surface area contributed by atoms with Gasteiger partial charge in [-0.25, -0.2) is 0 Å². The van der Waals surface area contributed by atoms with Gasteiger partial charge in [-0.05, 0) is 36.6 Å². The predicted molar refractivity (Wildman–Crippen MR) is 94.0 cm³/mol. The largest absolute Gasteiger partial charge is 0.389 e. The van der Waals surface area contributed by atoms with Crippen molar-refractivity contribution in [2.45, 2.75) is 38.0 Å². The van der Waals surface area contributed by atoms with E-state index < -0.39 is 0 Å². The van der Waals surface area contributed by atoms with Crippen molar-refractivity contribution < 1.29 is 0 Å². The number of rotatable bonds is 5. The first-order valence-corrected chi connectivity index (χ1v) is 8.87. The molecular formula is C16H24N2S2. The molecule has 1 aromatic carbocycles. The Morgan fingerprint density at radius 2 is 2.05 bits per heavy atom. The van der Waals surface area contributed by atoms with Crippen LogP contribution in [0.25, 0.3) is 0 Å². The summed E-state index contributed by atoms with van der Waals surface area (Å²) in [6.07, 6.45) is 3.85. The molecular weight excluding hydrogens is 284 g/mol. The van der Waals surface area contributed by atoms with Crippen LogP contribution in [-0.2, 0) is 0 Å². The Labute approximate surface area is 132 Å². The number of anilines is 1. The minimum Gasteiger partial charge on any atom is -0.389 e. The first-order chi connectivity index (χ1) is 9.67.